The largest absolute Gasteiger partial charge is 0.381 e. The maximum atomic E-state index is 11.1. The number of hydrogen-bond acceptors (Lipinski definition) is 1. The van der Waals surface area contributed by atoms with Crippen molar-refractivity contribution >= 4 is 175 Å². The molecule has 0 saturated heterocycles. The van der Waals surface area contributed by atoms with Crippen LogP contribution in [0.15, 0.2) is 0 Å². The molecule has 0 aliphatic heterocycles. The first-order valence-corrected chi connectivity index (χ1v) is 12.0. The van der Waals surface area contributed by atoms with E-state index in [1.165, 1.54) is 0 Å². The van der Waals surface area contributed by atoms with Crippen LogP contribution in [0.4, 0.5) is 0 Å². The van der Waals surface area contributed by atoms with E-state index in [9.17, 15) is 5.11 Å². The van der Waals surface area contributed by atoms with E-state index in [1.807, 2.05) is 0 Å². The molecule has 0 rings (SSSR count). The second kappa shape index (κ2) is 7.01. The Morgan fingerprint density at radius 1 is 0.471 bits per heavy atom. The van der Waals surface area contributed by atoms with Crippen molar-refractivity contribution in [3.8, 4) is 0 Å². The summed E-state index contributed by atoms with van der Waals surface area (Å²) in [5, 5.41) is 11.1. The molecule has 0 heterocycles. The van der Waals surface area contributed by atoms with Gasteiger partial charge in [-0.15, -0.1) is 0 Å². The summed E-state index contributed by atoms with van der Waals surface area (Å²) >= 11 is 37.0. The summed E-state index contributed by atoms with van der Waals surface area (Å²) in [7, 11) is 0. The van der Waals surface area contributed by atoms with Gasteiger partial charge in [-0.2, -0.15) is 0 Å². The second-order valence-electron chi connectivity index (χ2n) is 2.78. The predicted molar refractivity (Wildman–Crippen MR) is 114 cm³/mol. The SMILES string of the molecule is OC(C(Br)(Br)Br)(C(Br)(Br)Br)C(Br)(Br)C(Br)(Br)Br. The third-order valence-corrected chi connectivity index (χ3v) is 12.4. The highest BCUT2D eigenvalue weighted by Crippen LogP contribution is 2.70. The van der Waals surface area contributed by atoms with Crippen LogP contribution in [0.2, 0.25) is 0 Å². The predicted octanol–water partition coefficient (Wildman–Crippen LogP) is 7.72. The van der Waals surface area contributed by atoms with Gasteiger partial charge < -0.3 is 5.11 Å². The molecule has 0 bridgehead atoms. The van der Waals surface area contributed by atoms with Crippen LogP contribution in [-0.4, -0.2) is 20.4 Å². The first-order valence-electron chi connectivity index (χ1n) is 3.30. The van der Waals surface area contributed by atoms with Gasteiger partial charge in [-0.25, -0.2) is 0 Å². The van der Waals surface area contributed by atoms with Crippen LogP contribution < -0.4 is 0 Å². The average molecular weight is 956 g/mol. The molecule has 0 atom stereocenters. The summed E-state index contributed by atoms with van der Waals surface area (Å²) in [6.45, 7) is 0. The molecule has 0 aromatic heterocycles. The van der Waals surface area contributed by atoms with E-state index in [2.05, 4.69) is 175 Å². The van der Waals surface area contributed by atoms with Gasteiger partial charge in [0.1, 0.15) is 3.23 Å². The van der Waals surface area contributed by atoms with Gasteiger partial charge in [0.05, 0.1) is 0 Å². The zero-order chi connectivity index (χ0) is 14.5. The Hall–Kier alpha value is 5.24. The van der Waals surface area contributed by atoms with E-state index in [0.717, 1.165) is 0 Å². The number of alkyl halides is 11. The van der Waals surface area contributed by atoms with Gasteiger partial charge in [0, 0.05) is 0 Å². The van der Waals surface area contributed by atoms with Crippen molar-refractivity contribution in [2.24, 2.45) is 0 Å². The maximum Gasteiger partial charge on any atom is 0.168 e. The Kier molecular flexibility index (Phi) is 9.17. The minimum absolute atomic E-state index is 0.865. The standard InChI is InChI=1S/C5HBr11O/c6-2(7,5(14,15)16)1(17,3(8,9)10)4(11,12)13/h17H. The van der Waals surface area contributed by atoms with Crippen molar-refractivity contribution in [3.63, 3.8) is 0 Å². The molecule has 12 heteroatoms. The fraction of sp³-hybridized carbons (Fsp3) is 1.00. The van der Waals surface area contributed by atoms with E-state index in [0.29, 0.717) is 0 Å². The first-order chi connectivity index (χ1) is 7.00. The molecule has 0 aliphatic carbocycles. The van der Waals surface area contributed by atoms with Crippen molar-refractivity contribution < 1.29 is 5.11 Å². The van der Waals surface area contributed by atoms with E-state index in [-0.39, 0.29) is 0 Å². The van der Waals surface area contributed by atoms with E-state index >= 15 is 0 Å². The fourth-order valence-electron chi connectivity index (χ4n) is 0.722. The van der Waals surface area contributed by atoms with Crippen molar-refractivity contribution in [2.75, 3.05) is 0 Å². The van der Waals surface area contributed by atoms with Crippen LogP contribution in [0.3, 0.4) is 0 Å². The van der Waals surface area contributed by atoms with Gasteiger partial charge in [-0.1, -0.05) is 175 Å². The van der Waals surface area contributed by atoms with Crippen molar-refractivity contribution in [3.05, 3.63) is 0 Å². The second-order valence-corrected chi connectivity index (χ2v) is 26.5. The molecule has 0 saturated carbocycles. The monoisotopic (exact) mass is 945 g/mol. The minimum atomic E-state index is -1.55. The molecule has 104 valence electrons. The smallest absolute Gasteiger partial charge is 0.168 e. The lowest BCUT2D eigenvalue weighted by atomic mass is 10.1. The Morgan fingerprint density at radius 2 is 0.706 bits per heavy atom. The molecule has 0 spiro atoms. The molecule has 1 N–H and O–H groups in total. The van der Waals surface area contributed by atoms with Crippen LogP contribution in [0.25, 0.3) is 0 Å². The summed E-state index contributed by atoms with van der Waals surface area (Å²) < 4.78 is -4.06. The fourth-order valence-corrected chi connectivity index (χ4v) is 11.9. The molecule has 0 aromatic carbocycles. The molecule has 0 aromatic rings. The number of halogens is 11. The summed E-state index contributed by atoms with van der Waals surface area (Å²) in [6, 6.07) is 0. The molecule has 17 heavy (non-hydrogen) atoms. The van der Waals surface area contributed by atoms with Gasteiger partial charge in [0.2, 0.25) is 0 Å². The molecule has 0 fully saturated rings. The van der Waals surface area contributed by atoms with Gasteiger partial charge in [0.15, 0.2) is 12.0 Å². The van der Waals surface area contributed by atoms with E-state index in [4.69, 9.17) is 0 Å². The molecule has 0 unspecified atom stereocenters. The maximum absolute atomic E-state index is 11.1. The lowest BCUT2D eigenvalue weighted by molar-refractivity contribution is 0.0636. The van der Waals surface area contributed by atoms with Crippen molar-refractivity contribution in [1.29, 1.82) is 0 Å². The number of rotatable bonds is 1. The molecular formula is C5HBr11O. The molecule has 1 nitrogen and oxygen atoms in total. The Labute approximate surface area is 192 Å². The van der Waals surface area contributed by atoms with Crippen molar-refractivity contribution in [1.82, 2.24) is 0 Å². The van der Waals surface area contributed by atoms with E-state index < -0.39 is 15.3 Å². The van der Waals surface area contributed by atoms with Gasteiger partial charge >= 0.3 is 0 Å². The minimum Gasteiger partial charge on any atom is -0.381 e. The van der Waals surface area contributed by atoms with Crippen molar-refractivity contribution in [2.45, 2.75) is 15.3 Å². The Morgan fingerprint density at radius 3 is 0.765 bits per heavy atom. The van der Waals surface area contributed by atoms with Crippen LogP contribution >= 0.6 is 175 Å². The van der Waals surface area contributed by atoms with Crippen LogP contribution in [0.1, 0.15) is 0 Å². The summed E-state index contributed by atoms with van der Waals surface area (Å²) in [5.41, 5.74) is -1.55. The topological polar surface area (TPSA) is 20.2 Å². The third-order valence-electron chi connectivity index (χ3n) is 1.63. The first kappa shape index (κ1) is 22.2. The quantitative estimate of drug-likeness (QED) is 0.268. The highest BCUT2D eigenvalue weighted by atomic mass is 80.0. The van der Waals surface area contributed by atoms with Gasteiger partial charge in [0.25, 0.3) is 0 Å². The molecule has 0 amide bonds. The molecule has 0 aliphatic rings. The zero-order valence-electron chi connectivity index (χ0n) is 7.10. The van der Waals surface area contributed by atoms with Gasteiger partial charge in [-0.3, -0.25) is 0 Å². The summed E-state index contributed by atoms with van der Waals surface area (Å²) in [6.07, 6.45) is 0. The summed E-state index contributed by atoms with van der Waals surface area (Å²) in [4.78, 5) is 0. The highest BCUT2D eigenvalue weighted by molar-refractivity contribution is 9.42. The van der Waals surface area contributed by atoms with Crippen LogP contribution in [-0.2, 0) is 0 Å². The molecular weight excluding hydrogens is 955 g/mol. The normalized spacial score (nSPS) is 16.2. The highest BCUT2D eigenvalue weighted by Gasteiger charge is 2.72. The zero-order valence-corrected chi connectivity index (χ0v) is 24.6. The van der Waals surface area contributed by atoms with E-state index in [1.54, 1.807) is 0 Å². The average Bonchev–Trinajstić information content (AvgIpc) is 1.95. The van der Waals surface area contributed by atoms with Gasteiger partial charge in [-0.05, 0) is 0 Å². The summed E-state index contributed by atoms with van der Waals surface area (Å²) in [5.74, 6) is 0. The lowest BCUT2D eigenvalue weighted by Crippen LogP contribution is -2.66. The lowest BCUT2D eigenvalue weighted by Gasteiger charge is -2.52. The number of aliphatic hydroxyl groups is 1. The third kappa shape index (κ3) is 4.62. The number of hydrogen-bond donors (Lipinski definition) is 1. The van der Waals surface area contributed by atoms with Crippen LogP contribution in [0, 0.1) is 0 Å². The molecule has 0 radical (unpaired) electrons. The van der Waals surface area contributed by atoms with Crippen LogP contribution in [0.5, 0.6) is 0 Å². The Bertz CT molecular complexity index is 266. The Balaban J connectivity index is 6.04.